The number of nitrogens with zero attached hydrogens (tertiary/aromatic N) is 3. The summed E-state index contributed by atoms with van der Waals surface area (Å²) in [6.45, 7) is 4.79. The molecule has 1 atom stereocenters. The number of rotatable bonds is 4. The molecule has 2 aliphatic heterocycles. The van der Waals surface area contributed by atoms with Crippen molar-refractivity contribution in [3.63, 3.8) is 0 Å². The smallest absolute Gasteiger partial charge is 0.278 e. The van der Waals surface area contributed by atoms with Crippen molar-refractivity contribution < 1.29 is 0 Å². The van der Waals surface area contributed by atoms with Crippen molar-refractivity contribution in [1.29, 1.82) is 0 Å². The van der Waals surface area contributed by atoms with E-state index in [1.807, 2.05) is 6.07 Å². The molecule has 1 unspecified atom stereocenters. The lowest BCUT2D eigenvalue weighted by Crippen LogP contribution is -2.37. The van der Waals surface area contributed by atoms with E-state index >= 15 is 0 Å². The molecule has 3 aromatic rings. The van der Waals surface area contributed by atoms with Crippen molar-refractivity contribution in [2.45, 2.75) is 51.6 Å². The van der Waals surface area contributed by atoms with E-state index in [0.29, 0.717) is 12.5 Å². The molecular weight excluding hydrogens is 358 g/mol. The molecule has 3 heterocycles. The van der Waals surface area contributed by atoms with Crippen molar-refractivity contribution in [3.8, 4) is 0 Å². The Labute approximate surface area is 171 Å². The zero-order valence-electron chi connectivity index (χ0n) is 17.0. The summed E-state index contributed by atoms with van der Waals surface area (Å²) in [5.41, 5.74) is 6.04. The van der Waals surface area contributed by atoms with Gasteiger partial charge in [0.1, 0.15) is 5.82 Å². The van der Waals surface area contributed by atoms with Crippen LogP contribution in [0, 0.1) is 6.92 Å². The second-order valence-corrected chi connectivity index (χ2v) is 8.31. The van der Waals surface area contributed by atoms with Gasteiger partial charge in [-0.2, -0.15) is 4.98 Å². The molecule has 0 amide bonds. The van der Waals surface area contributed by atoms with E-state index in [-0.39, 0.29) is 5.56 Å². The van der Waals surface area contributed by atoms with E-state index < -0.39 is 0 Å². The number of para-hydroxylation sites is 1. The van der Waals surface area contributed by atoms with Gasteiger partial charge in [0.15, 0.2) is 0 Å². The third-order valence-corrected chi connectivity index (χ3v) is 6.60. The van der Waals surface area contributed by atoms with Gasteiger partial charge in [0, 0.05) is 36.8 Å². The van der Waals surface area contributed by atoms with Crippen LogP contribution in [0.4, 0.5) is 5.69 Å². The van der Waals surface area contributed by atoms with Crippen LogP contribution in [0.5, 0.6) is 0 Å². The van der Waals surface area contributed by atoms with Gasteiger partial charge in [0.25, 0.3) is 5.56 Å². The van der Waals surface area contributed by atoms with Crippen molar-refractivity contribution in [3.05, 3.63) is 93.2 Å². The Morgan fingerprint density at radius 2 is 1.83 bits per heavy atom. The summed E-state index contributed by atoms with van der Waals surface area (Å²) in [4.78, 5) is 19.8. The standard InChI is InChI=1S/C25H27N3O/c1-18-7-5-6-8-19(18)11-12-20-13-16-28-23-14-15-27(21-9-3-2-4-10-21)17-22(23)25(29)26-24(20)28/h2-10,20H,11-17H2,1H3. The minimum absolute atomic E-state index is 0.0188. The minimum Gasteiger partial charge on any atom is -0.367 e. The van der Waals surface area contributed by atoms with Crippen LogP contribution in [0.2, 0.25) is 0 Å². The van der Waals surface area contributed by atoms with Crippen LogP contribution in [0.1, 0.15) is 47.0 Å². The number of benzene rings is 2. The summed E-state index contributed by atoms with van der Waals surface area (Å²) in [5.74, 6) is 1.41. The molecule has 0 saturated carbocycles. The van der Waals surface area contributed by atoms with Gasteiger partial charge in [-0.25, -0.2) is 0 Å². The Bertz CT molecular complexity index is 1090. The predicted octanol–water partition coefficient (Wildman–Crippen LogP) is 4.23. The first kappa shape index (κ1) is 18.2. The molecule has 2 aliphatic rings. The SMILES string of the molecule is Cc1ccccc1CCC1CCn2c1nc(=O)c1c2CCN(c2ccccc2)C1. The third kappa shape index (κ3) is 3.37. The number of hydrogen-bond donors (Lipinski definition) is 0. The fourth-order valence-corrected chi connectivity index (χ4v) is 4.94. The molecule has 0 aliphatic carbocycles. The molecule has 0 fully saturated rings. The average Bonchev–Trinajstić information content (AvgIpc) is 3.16. The second kappa shape index (κ2) is 7.51. The lowest BCUT2D eigenvalue weighted by atomic mass is 9.95. The number of hydrogen-bond acceptors (Lipinski definition) is 3. The van der Waals surface area contributed by atoms with Crippen molar-refractivity contribution in [1.82, 2.24) is 9.55 Å². The highest BCUT2D eigenvalue weighted by Gasteiger charge is 2.30. The molecule has 5 rings (SSSR count). The highest BCUT2D eigenvalue weighted by molar-refractivity contribution is 5.48. The van der Waals surface area contributed by atoms with Crippen LogP contribution >= 0.6 is 0 Å². The lowest BCUT2D eigenvalue weighted by molar-refractivity contribution is 0.603. The molecule has 4 nitrogen and oxygen atoms in total. The summed E-state index contributed by atoms with van der Waals surface area (Å²) in [5, 5.41) is 0. The van der Waals surface area contributed by atoms with Crippen LogP contribution in [-0.4, -0.2) is 16.1 Å². The predicted molar refractivity (Wildman–Crippen MR) is 117 cm³/mol. The van der Waals surface area contributed by atoms with Gasteiger partial charge < -0.3 is 9.47 Å². The molecule has 0 radical (unpaired) electrons. The molecule has 0 spiro atoms. The van der Waals surface area contributed by atoms with E-state index in [4.69, 9.17) is 0 Å². The third-order valence-electron chi connectivity index (χ3n) is 6.60. The summed E-state index contributed by atoms with van der Waals surface area (Å²) in [6.07, 6.45) is 4.12. The molecule has 1 aromatic heterocycles. The average molecular weight is 386 g/mol. The zero-order chi connectivity index (χ0) is 19.8. The Morgan fingerprint density at radius 1 is 1.03 bits per heavy atom. The Balaban J connectivity index is 1.39. The maximum absolute atomic E-state index is 12.9. The quantitative estimate of drug-likeness (QED) is 0.674. The van der Waals surface area contributed by atoms with Crippen molar-refractivity contribution in [2.75, 3.05) is 11.4 Å². The highest BCUT2D eigenvalue weighted by atomic mass is 16.1. The van der Waals surface area contributed by atoms with Crippen LogP contribution in [0.15, 0.2) is 59.4 Å². The second-order valence-electron chi connectivity index (χ2n) is 8.31. The van der Waals surface area contributed by atoms with Gasteiger partial charge in [-0.05, 0) is 49.4 Å². The lowest BCUT2D eigenvalue weighted by Gasteiger charge is -2.31. The van der Waals surface area contributed by atoms with Gasteiger partial charge in [-0.3, -0.25) is 4.79 Å². The first-order valence-corrected chi connectivity index (χ1v) is 10.7. The van der Waals surface area contributed by atoms with Crippen LogP contribution in [0.25, 0.3) is 0 Å². The molecule has 2 aromatic carbocycles. The summed E-state index contributed by atoms with van der Waals surface area (Å²) in [7, 11) is 0. The Morgan fingerprint density at radius 3 is 2.66 bits per heavy atom. The van der Waals surface area contributed by atoms with Crippen molar-refractivity contribution >= 4 is 5.69 Å². The van der Waals surface area contributed by atoms with Gasteiger partial charge in [-0.15, -0.1) is 0 Å². The summed E-state index contributed by atoms with van der Waals surface area (Å²) >= 11 is 0. The number of anilines is 1. The first-order chi connectivity index (χ1) is 14.2. The molecule has 0 N–H and O–H groups in total. The highest BCUT2D eigenvalue weighted by Crippen LogP contribution is 2.33. The number of aromatic nitrogens is 2. The van der Waals surface area contributed by atoms with E-state index in [9.17, 15) is 4.79 Å². The largest absolute Gasteiger partial charge is 0.367 e. The van der Waals surface area contributed by atoms with Gasteiger partial charge in [0.2, 0.25) is 0 Å². The molecule has 0 saturated heterocycles. The van der Waals surface area contributed by atoms with Gasteiger partial charge in [-0.1, -0.05) is 42.5 Å². The molecule has 4 heteroatoms. The van der Waals surface area contributed by atoms with E-state index in [1.54, 1.807) is 0 Å². The van der Waals surface area contributed by atoms with Crippen LogP contribution < -0.4 is 10.5 Å². The zero-order valence-corrected chi connectivity index (χ0v) is 17.0. The van der Waals surface area contributed by atoms with Gasteiger partial charge in [0.05, 0.1) is 12.1 Å². The minimum atomic E-state index is -0.0188. The monoisotopic (exact) mass is 385 g/mol. The number of fused-ring (bicyclic) bond motifs is 3. The van der Waals surface area contributed by atoms with E-state index in [0.717, 1.165) is 50.2 Å². The Kier molecular flexibility index (Phi) is 4.70. The molecule has 0 bridgehead atoms. The summed E-state index contributed by atoms with van der Waals surface area (Å²) < 4.78 is 2.36. The topological polar surface area (TPSA) is 38.1 Å². The van der Waals surface area contributed by atoms with E-state index in [2.05, 4.69) is 69.9 Å². The maximum Gasteiger partial charge on any atom is 0.278 e. The van der Waals surface area contributed by atoms with Crippen molar-refractivity contribution in [2.24, 2.45) is 0 Å². The summed E-state index contributed by atoms with van der Waals surface area (Å²) in [6, 6.07) is 19.0. The normalized spacial score (nSPS) is 17.8. The van der Waals surface area contributed by atoms with Crippen LogP contribution in [0.3, 0.4) is 0 Å². The Hall–Kier alpha value is -2.88. The first-order valence-electron chi connectivity index (χ1n) is 10.7. The molecule has 148 valence electrons. The van der Waals surface area contributed by atoms with E-state index in [1.165, 1.54) is 22.5 Å². The molecular formula is C25H27N3O. The number of aryl methyl sites for hydroxylation is 2. The maximum atomic E-state index is 12.9. The fourth-order valence-electron chi connectivity index (χ4n) is 4.94. The van der Waals surface area contributed by atoms with Gasteiger partial charge >= 0.3 is 0 Å². The van der Waals surface area contributed by atoms with Crippen LogP contribution in [-0.2, 0) is 25.9 Å². The fraction of sp³-hybridized carbons (Fsp3) is 0.360. The molecule has 29 heavy (non-hydrogen) atoms.